The standard InChI is InChI=1S/C17H17NO2.ClH/c18-10-13-8-12(11-4-2-1-3-5-11)9-15-14(13)6-7-16(19)17(15)20;/h1-8,12,19-20H,9-10,18H2;1H. The monoisotopic (exact) mass is 303 g/mol. The first-order chi connectivity index (χ1) is 9.70. The van der Waals surface area contributed by atoms with Gasteiger partial charge in [-0.05, 0) is 29.2 Å². The molecule has 3 rings (SSSR count). The van der Waals surface area contributed by atoms with Gasteiger partial charge in [-0.3, -0.25) is 0 Å². The van der Waals surface area contributed by atoms with Gasteiger partial charge in [-0.2, -0.15) is 0 Å². The van der Waals surface area contributed by atoms with E-state index < -0.39 is 0 Å². The van der Waals surface area contributed by atoms with Crippen molar-refractivity contribution in [3.8, 4) is 11.5 Å². The molecule has 4 N–H and O–H groups in total. The lowest BCUT2D eigenvalue weighted by atomic mass is 9.81. The van der Waals surface area contributed by atoms with Gasteiger partial charge in [-0.1, -0.05) is 42.5 Å². The molecular weight excluding hydrogens is 286 g/mol. The minimum atomic E-state index is -0.0752. The molecule has 0 saturated carbocycles. The van der Waals surface area contributed by atoms with Crippen molar-refractivity contribution < 1.29 is 10.2 Å². The highest BCUT2D eigenvalue weighted by Gasteiger charge is 2.24. The first-order valence-electron chi connectivity index (χ1n) is 6.70. The SMILES string of the molecule is Cl.NCC1=CC(c2ccccc2)Cc2c1ccc(O)c2O. The van der Waals surface area contributed by atoms with Gasteiger partial charge in [0.05, 0.1) is 0 Å². The average Bonchev–Trinajstić information content (AvgIpc) is 2.51. The summed E-state index contributed by atoms with van der Waals surface area (Å²) < 4.78 is 0. The quantitative estimate of drug-likeness (QED) is 0.746. The van der Waals surface area contributed by atoms with Crippen molar-refractivity contribution in [3.05, 3.63) is 65.2 Å². The summed E-state index contributed by atoms with van der Waals surface area (Å²) in [6.07, 6.45) is 2.83. The highest BCUT2D eigenvalue weighted by atomic mass is 35.5. The maximum Gasteiger partial charge on any atom is 0.161 e. The van der Waals surface area contributed by atoms with Crippen LogP contribution in [0.3, 0.4) is 0 Å². The number of hydrogen-bond donors (Lipinski definition) is 3. The van der Waals surface area contributed by atoms with Crippen LogP contribution in [0.25, 0.3) is 5.57 Å². The summed E-state index contributed by atoms with van der Waals surface area (Å²) in [5.41, 5.74) is 9.75. The molecule has 0 amide bonds. The minimum Gasteiger partial charge on any atom is -0.504 e. The molecule has 0 fully saturated rings. The van der Waals surface area contributed by atoms with Crippen molar-refractivity contribution >= 4 is 18.0 Å². The first kappa shape index (κ1) is 15.4. The number of nitrogens with two attached hydrogens (primary N) is 1. The van der Waals surface area contributed by atoms with E-state index >= 15 is 0 Å². The largest absolute Gasteiger partial charge is 0.504 e. The zero-order valence-electron chi connectivity index (χ0n) is 11.5. The molecule has 110 valence electrons. The zero-order chi connectivity index (χ0) is 14.1. The topological polar surface area (TPSA) is 66.5 Å². The lowest BCUT2D eigenvalue weighted by molar-refractivity contribution is 0.398. The van der Waals surface area contributed by atoms with Crippen LogP contribution in [0, 0.1) is 0 Å². The number of hydrogen-bond acceptors (Lipinski definition) is 3. The van der Waals surface area contributed by atoms with Crippen molar-refractivity contribution in [2.45, 2.75) is 12.3 Å². The Labute approximate surface area is 130 Å². The Bertz CT molecular complexity index is 668. The van der Waals surface area contributed by atoms with Gasteiger partial charge in [0, 0.05) is 18.0 Å². The minimum absolute atomic E-state index is 0. The molecule has 1 atom stereocenters. The summed E-state index contributed by atoms with van der Waals surface area (Å²) >= 11 is 0. The maximum absolute atomic E-state index is 10.1. The second-order valence-electron chi connectivity index (χ2n) is 5.08. The predicted octanol–water partition coefficient (Wildman–Crippen LogP) is 3.20. The molecule has 2 aromatic carbocycles. The molecule has 1 aliphatic rings. The third-order valence-corrected chi connectivity index (χ3v) is 3.88. The van der Waals surface area contributed by atoms with Gasteiger partial charge >= 0.3 is 0 Å². The third-order valence-electron chi connectivity index (χ3n) is 3.88. The van der Waals surface area contributed by atoms with E-state index in [1.165, 1.54) is 11.6 Å². The van der Waals surface area contributed by atoms with Gasteiger partial charge < -0.3 is 15.9 Å². The summed E-state index contributed by atoms with van der Waals surface area (Å²) in [6, 6.07) is 13.5. The number of fused-ring (bicyclic) bond motifs is 1. The Kier molecular flexibility index (Phi) is 4.56. The fourth-order valence-electron chi connectivity index (χ4n) is 2.84. The fraction of sp³-hybridized carbons (Fsp3) is 0.176. The van der Waals surface area contributed by atoms with Gasteiger partial charge in [-0.15, -0.1) is 12.4 Å². The highest BCUT2D eigenvalue weighted by Crippen LogP contribution is 2.41. The predicted molar refractivity (Wildman–Crippen MR) is 86.9 cm³/mol. The summed E-state index contributed by atoms with van der Waals surface area (Å²) in [6.45, 7) is 0.417. The van der Waals surface area contributed by atoms with Crippen molar-refractivity contribution in [2.75, 3.05) is 6.54 Å². The van der Waals surface area contributed by atoms with Crippen molar-refractivity contribution in [2.24, 2.45) is 5.73 Å². The molecule has 3 nitrogen and oxygen atoms in total. The van der Waals surface area contributed by atoms with Gasteiger partial charge in [0.1, 0.15) is 0 Å². The van der Waals surface area contributed by atoms with Crippen LogP contribution in [0.1, 0.15) is 22.6 Å². The van der Waals surface area contributed by atoms with Crippen LogP contribution in [-0.2, 0) is 6.42 Å². The van der Waals surface area contributed by atoms with E-state index in [9.17, 15) is 10.2 Å². The Balaban J connectivity index is 0.00000161. The lowest BCUT2D eigenvalue weighted by Gasteiger charge is -2.25. The van der Waals surface area contributed by atoms with E-state index in [2.05, 4.69) is 18.2 Å². The molecule has 2 aromatic rings. The van der Waals surface area contributed by atoms with Crippen molar-refractivity contribution in [3.63, 3.8) is 0 Å². The number of phenolic OH excluding ortho intramolecular Hbond substituents is 2. The van der Waals surface area contributed by atoms with Crippen LogP contribution in [0.15, 0.2) is 48.5 Å². The molecule has 4 heteroatoms. The Hall–Kier alpha value is -1.97. The van der Waals surface area contributed by atoms with Gasteiger partial charge in [0.2, 0.25) is 0 Å². The van der Waals surface area contributed by atoms with Gasteiger partial charge in [0.25, 0.3) is 0 Å². The Morgan fingerprint density at radius 1 is 1.05 bits per heavy atom. The fourth-order valence-corrected chi connectivity index (χ4v) is 2.84. The number of aromatic hydroxyl groups is 2. The van der Waals surface area contributed by atoms with Crippen molar-refractivity contribution in [1.82, 2.24) is 0 Å². The highest BCUT2D eigenvalue weighted by molar-refractivity contribution is 5.85. The van der Waals surface area contributed by atoms with E-state index in [1.807, 2.05) is 24.3 Å². The lowest BCUT2D eigenvalue weighted by Crippen LogP contribution is -2.14. The molecule has 0 spiro atoms. The van der Waals surface area contributed by atoms with Crippen LogP contribution in [0.2, 0.25) is 0 Å². The van der Waals surface area contributed by atoms with E-state index in [0.717, 1.165) is 16.7 Å². The van der Waals surface area contributed by atoms with Crippen LogP contribution in [0.4, 0.5) is 0 Å². The van der Waals surface area contributed by atoms with E-state index in [1.54, 1.807) is 0 Å². The number of allylic oxidation sites excluding steroid dienone is 1. The summed E-state index contributed by atoms with van der Waals surface area (Å²) in [5, 5.41) is 19.8. The molecule has 21 heavy (non-hydrogen) atoms. The third kappa shape index (κ3) is 2.75. The normalized spacial score (nSPS) is 16.6. The molecule has 0 aromatic heterocycles. The van der Waals surface area contributed by atoms with E-state index in [4.69, 9.17) is 5.73 Å². The molecule has 0 bridgehead atoms. The number of benzene rings is 2. The van der Waals surface area contributed by atoms with E-state index in [-0.39, 0.29) is 29.8 Å². The molecule has 1 aliphatic carbocycles. The summed E-state index contributed by atoms with van der Waals surface area (Å²) in [5.74, 6) is 0.0752. The zero-order valence-corrected chi connectivity index (χ0v) is 12.3. The number of halogens is 1. The van der Waals surface area contributed by atoms with Gasteiger partial charge in [-0.25, -0.2) is 0 Å². The van der Waals surface area contributed by atoms with Crippen molar-refractivity contribution in [1.29, 1.82) is 0 Å². The average molecular weight is 304 g/mol. The second kappa shape index (κ2) is 6.20. The molecular formula is C17H18ClNO2. The molecule has 0 aliphatic heterocycles. The summed E-state index contributed by atoms with van der Waals surface area (Å²) in [7, 11) is 0. The molecule has 0 saturated heterocycles. The van der Waals surface area contributed by atoms with Crippen LogP contribution in [0.5, 0.6) is 11.5 Å². The maximum atomic E-state index is 10.1. The van der Waals surface area contributed by atoms with E-state index in [0.29, 0.717) is 13.0 Å². The molecule has 0 radical (unpaired) electrons. The number of phenols is 2. The first-order valence-corrected chi connectivity index (χ1v) is 6.70. The molecule has 0 heterocycles. The Morgan fingerprint density at radius 2 is 1.76 bits per heavy atom. The smallest absolute Gasteiger partial charge is 0.161 e. The second-order valence-corrected chi connectivity index (χ2v) is 5.08. The van der Waals surface area contributed by atoms with Crippen LogP contribution >= 0.6 is 12.4 Å². The van der Waals surface area contributed by atoms with Gasteiger partial charge in [0.15, 0.2) is 11.5 Å². The summed E-state index contributed by atoms with van der Waals surface area (Å²) in [4.78, 5) is 0. The molecule has 1 unspecified atom stereocenters. The van der Waals surface area contributed by atoms with Crippen LogP contribution in [-0.4, -0.2) is 16.8 Å². The van der Waals surface area contributed by atoms with Crippen LogP contribution < -0.4 is 5.73 Å². The Morgan fingerprint density at radius 3 is 2.43 bits per heavy atom. The number of rotatable bonds is 2.